The quantitative estimate of drug-likeness (QED) is 0.733. The molecule has 1 saturated heterocycles. The molecule has 0 bridgehead atoms. The Morgan fingerprint density at radius 2 is 2.08 bits per heavy atom. The molecule has 3 aromatic rings. The fourth-order valence-electron chi connectivity index (χ4n) is 3.74. The topological polar surface area (TPSA) is 56.0 Å². The van der Waals surface area contributed by atoms with Crippen molar-refractivity contribution in [2.75, 3.05) is 13.1 Å². The number of likely N-dealkylation sites (tertiary alicyclic amines) is 1. The molecule has 4 rings (SSSR count). The van der Waals surface area contributed by atoms with E-state index in [1.165, 1.54) is 5.56 Å². The van der Waals surface area contributed by atoms with E-state index in [0.717, 1.165) is 43.8 Å². The summed E-state index contributed by atoms with van der Waals surface area (Å²) in [6.07, 6.45) is 6.12. The fraction of sp³-hybridized carbons (Fsp3) is 0.421. The Morgan fingerprint density at radius 3 is 2.88 bits per heavy atom. The first-order valence-corrected chi connectivity index (χ1v) is 8.82. The molecule has 1 fully saturated rings. The molecule has 3 heterocycles. The van der Waals surface area contributed by atoms with Crippen molar-refractivity contribution in [1.82, 2.24) is 24.2 Å². The van der Waals surface area contributed by atoms with Crippen LogP contribution in [0.2, 0.25) is 0 Å². The van der Waals surface area contributed by atoms with Crippen LogP contribution in [0.15, 0.2) is 41.5 Å². The zero-order chi connectivity index (χ0) is 17.4. The van der Waals surface area contributed by atoms with Crippen molar-refractivity contribution in [3.05, 3.63) is 58.4 Å². The molecule has 130 valence electrons. The van der Waals surface area contributed by atoms with Gasteiger partial charge in [-0.2, -0.15) is 5.10 Å². The number of aryl methyl sites for hydroxylation is 1. The third-order valence-electron chi connectivity index (χ3n) is 5.06. The number of rotatable bonds is 4. The van der Waals surface area contributed by atoms with Crippen molar-refractivity contribution in [2.24, 2.45) is 7.05 Å². The Hall–Kier alpha value is -2.47. The summed E-state index contributed by atoms with van der Waals surface area (Å²) in [5.74, 6) is 0.873. The molecule has 0 saturated carbocycles. The van der Waals surface area contributed by atoms with E-state index in [4.69, 9.17) is 4.98 Å². The van der Waals surface area contributed by atoms with Gasteiger partial charge in [0.25, 0.3) is 5.56 Å². The standard InChI is InChI=1S/C19H23N5O/c1-14-12-20-24(13-14)11-10-23-9-5-8-17(23)18-21-16-7-4-3-6-15(16)19(25)22(18)2/h3-4,6-7,12-13,17H,5,8-11H2,1-2H3. The summed E-state index contributed by atoms with van der Waals surface area (Å²) in [5.41, 5.74) is 2.00. The van der Waals surface area contributed by atoms with Crippen LogP contribution in [0, 0.1) is 6.92 Å². The Labute approximate surface area is 146 Å². The van der Waals surface area contributed by atoms with Gasteiger partial charge in [-0.3, -0.25) is 18.9 Å². The predicted molar refractivity (Wildman–Crippen MR) is 97.5 cm³/mol. The molecule has 2 aromatic heterocycles. The average molecular weight is 337 g/mol. The summed E-state index contributed by atoms with van der Waals surface area (Å²) in [5, 5.41) is 5.05. The smallest absolute Gasteiger partial charge is 0.261 e. The molecule has 1 atom stereocenters. The molecule has 0 N–H and O–H groups in total. The van der Waals surface area contributed by atoms with Crippen LogP contribution in [-0.4, -0.2) is 37.3 Å². The van der Waals surface area contributed by atoms with E-state index in [-0.39, 0.29) is 11.6 Å². The summed E-state index contributed by atoms with van der Waals surface area (Å²) in [6.45, 7) is 4.85. The van der Waals surface area contributed by atoms with Crippen LogP contribution in [0.1, 0.15) is 30.3 Å². The monoisotopic (exact) mass is 337 g/mol. The summed E-state index contributed by atoms with van der Waals surface area (Å²) in [6, 6.07) is 7.79. The molecular weight excluding hydrogens is 314 g/mol. The Morgan fingerprint density at radius 1 is 1.24 bits per heavy atom. The van der Waals surface area contributed by atoms with Crippen LogP contribution in [0.4, 0.5) is 0 Å². The molecule has 0 aliphatic carbocycles. The van der Waals surface area contributed by atoms with E-state index in [2.05, 4.69) is 23.1 Å². The molecule has 0 spiro atoms. The second-order valence-corrected chi connectivity index (χ2v) is 6.83. The number of hydrogen-bond acceptors (Lipinski definition) is 4. The Kier molecular flexibility index (Phi) is 4.13. The third kappa shape index (κ3) is 2.98. The summed E-state index contributed by atoms with van der Waals surface area (Å²) in [4.78, 5) is 19.9. The van der Waals surface area contributed by atoms with Crippen molar-refractivity contribution >= 4 is 10.9 Å². The second-order valence-electron chi connectivity index (χ2n) is 6.83. The first-order chi connectivity index (χ1) is 12.1. The van der Waals surface area contributed by atoms with Gasteiger partial charge in [-0.25, -0.2) is 4.98 Å². The highest BCUT2D eigenvalue weighted by atomic mass is 16.1. The van der Waals surface area contributed by atoms with E-state index in [9.17, 15) is 4.79 Å². The molecule has 6 nitrogen and oxygen atoms in total. The molecule has 1 aliphatic rings. The second kappa shape index (κ2) is 6.44. The molecule has 25 heavy (non-hydrogen) atoms. The maximum absolute atomic E-state index is 12.7. The summed E-state index contributed by atoms with van der Waals surface area (Å²) < 4.78 is 3.71. The largest absolute Gasteiger partial charge is 0.298 e. The van der Waals surface area contributed by atoms with Crippen LogP contribution in [0.25, 0.3) is 10.9 Å². The van der Waals surface area contributed by atoms with Crippen LogP contribution >= 0.6 is 0 Å². The van der Waals surface area contributed by atoms with Crippen molar-refractivity contribution in [1.29, 1.82) is 0 Å². The highest BCUT2D eigenvalue weighted by molar-refractivity contribution is 5.77. The van der Waals surface area contributed by atoms with Crippen LogP contribution < -0.4 is 5.56 Å². The highest BCUT2D eigenvalue weighted by Gasteiger charge is 2.29. The van der Waals surface area contributed by atoms with E-state index >= 15 is 0 Å². The number of benzene rings is 1. The number of aromatic nitrogens is 4. The van der Waals surface area contributed by atoms with Gasteiger partial charge in [-0.1, -0.05) is 12.1 Å². The number of hydrogen-bond donors (Lipinski definition) is 0. The Bertz CT molecular complexity index is 958. The molecule has 1 aromatic carbocycles. The van der Waals surface area contributed by atoms with Crippen molar-refractivity contribution in [3.63, 3.8) is 0 Å². The van der Waals surface area contributed by atoms with Crippen LogP contribution in [-0.2, 0) is 13.6 Å². The van der Waals surface area contributed by atoms with Gasteiger partial charge in [0.2, 0.25) is 0 Å². The van der Waals surface area contributed by atoms with Gasteiger partial charge in [0.05, 0.1) is 29.7 Å². The first kappa shape index (κ1) is 16.0. The van der Waals surface area contributed by atoms with Crippen LogP contribution in [0.3, 0.4) is 0 Å². The normalized spacial score (nSPS) is 18.2. The lowest BCUT2D eigenvalue weighted by atomic mass is 10.1. The van der Waals surface area contributed by atoms with Gasteiger partial charge < -0.3 is 0 Å². The maximum atomic E-state index is 12.7. The number of para-hydroxylation sites is 1. The lowest BCUT2D eigenvalue weighted by Gasteiger charge is -2.25. The average Bonchev–Trinajstić information content (AvgIpc) is 3.25. The van der Waals surface area contributed by atoms with Gasteiger partial charge in [-0.05, 0) is 44.0 Å². The lowest BCUT2D eigenvalue weighted by molar-refractivity contribution is 0.230. The highest BCUT2D eigenvalue weighted by Crippen LogP contribution is 2.30. The lowest BCUT2D eigenvalue weighted by Crippen LogP contribution is -2.32. The van der Waals surface area contributed by atoms with Gasteiger partial charge in [-0.15, -0.1) is 0 Å². The van der Waals surface area contributed by atoms with Crippen LogP contribution in [0.5, 0.6) is 0 Å². The SMILES string of the molecule is Cc1cnn(CCN2CCCC2c2nc3ccccc3c(=O)n2C)c1. The maximum Gasteiger partial charge on any atom is 0.261 e. The van der Waals surface area contributed by atoms with Gasteiger partial charge in [0.1, 0.15) is 5.82 Å². The minimum absolute atomic E-state index is 0.0372. The third-order valence-corrected chi connectivity index (χ3v) is 5.06. The minimum Gasteiger partial charge on any atom is -0.298 e. The van der Waals surface area contributed by atoms with E-state index in [1.807, 2.05) is 42.2 Å². The summed E-state index contributed by atoms with van der Waals surface area (Å²) in [7, 11) is 1.84. The molecule has 0 amide bonds. The molecule has 0 radical (unpaired) electrons. The fourth-order valence-corrected chi connectivity index (χ4v) is 3.74. The molecule has 1 unspecified atom stereocenters. The first-order valence-electron chi connectivity index (χ1n) is 8.82. The van der Waals surface area contributed by atoms with E-state index in [0.29, 0.717) is 5.39 Å². The minimum atomic E-state index is 0.0372. The Balaban J connectivity index is 1.62. The van der Waals surface area contributed by atoms with Gasteiger partial charge >= 0.3 is 0 Å². The number of fused-ring (bicyclic) bond motifs is 1. The molecular formula is C19H23N5O. The molecule has 6 heteroatoms. The van der Waals surface area contributed by atoms with Gasteiger partial charge in [0.15, 0.2) is 0 Å². The molecule has 1 aliphatic heterocycles. The van der Waals surface area contributed by atoms with E-state index in [1.54, 1.807) is 4.57 Å². The van der Waals surface area contributed by atoms with Crippen molar-refractivity contribution in [3.8, 4) is 0 Å². The van der Waals surface area contributed by atoms with E-state index < -0.39 is 0 Å². The summed E-state index contributed by atoms with van der Waals surface area (Å²) >= 11 is 0. The zero-order valence-electron chi connectivity index (χ0n) is 14.7. The van der Waals surface area contributed by atoms with Crippen molar-refractivity contribution < 1.29 is 0 Å². The number of nitrogens with zero attached hydrogens (tertiary/aromatic N) is 5. The van der Waals surface area contributed by atoms with Gasteiger partial charge in [0, 0.05) is 19.8 Å². The van der Waals surface area contributed by atoms with Crippen molar-refractivity contribution in [2.45, 2.75) is 32.4 Å². The predicted octanol–water partition coefficient (Wildman–Crippen LogP) is 2.28. The zero-order valence-corrected chi connectivity index (χ0v) is 14.7.